The molecule has 0 bridgehead atoms. The van der Waals surface area contributed by atoms with Gasteiger partial charge in [0.05, 0.1) is 0 Å². The van der Waals surface area contributed by atoms with Gasteiger partial charge in [0.1, 0.15) is 0 Å². The first-order valence-electron chi connectivity index (χ1n) is 8.09. The van der Waals surface area contributed by atoms with Crippen LogP contribution in [0.25, 0.3) is 0 Å². The van der Waals surface area contributed by atoms with Crippen molar-refractivity contribution in [1.82, 2.24) is 5.32 Å². The number of benzene rings is 1. The van der Waals surface area contributed by atoms with Crippen LogP contribution in [0.1, 0.15) is 50.0 Å². The Balaban J connectivity index is 1.67. The second kappa shape index (κ2) is 6.09. The van der Waals surface area contributed by atoms with E-state index in [2.05, 4.69) is 42.7 Å². The van der Waals surface area contributed by atoms with Crippen molar-refractivity contribution >= 4 is 0 Å². The van der Waals surface area contributed by atoms with E-state index >= 15 is 0 Å². The van der Waals surface area contributed by atoms with Gasteiger partial charge in [0.2, 0.25) is 0 Å². The number of hydrogen-bond acceptors (Lipinski definition) is 1. The van der Waals surface area contributed by atoms with Gasteiger partial charge in [0, 0.05) is 0 Å². The fraction of sp³-hybridized carbons (Fsp3) is 0.667. The Morgan fingerprint density at radius 3 is 2.58 bits per heavy atom. The molecule has 1 heteroatoms. The predicted octanol–water partition coefficient (Wildman–Crippen LogP) is 4.21. The smallest absolute Gasteiger partial charge is 0.00208 e. The minimum atomic E-state index is 0.864. The van der Waals surface area contributed by atoms with E-state index in [9.17, 15) is 0 Å². The van der Waals surface area contributed by atoms with Gasteiger partial charge in [-0.05, 0) is 62.1 Å². The maximum absolute atomic E-state index is 3.43. The minimum Gasteiger partial charge on any atom is -0.319 e. The van der Waals surface area contributed by atoms with Crippen LogP contribution in [0.3, 0.4) is 0 Å². The molecule has 0 spiro atoms. The molecule has 19 heavy (non-hydrogen) atoms. The van der Waals surface area contributed by atoms with Crippen LogP contribution in [-0.4, -0.2) is 13.6 Å². The fourth-order valence-corrected chi connectivity index (χ4v) is 4.26. The third kappa shape index (κ3) is 3.02. The molecule has 0 radical (unpaired) electrons. The van der Waals surface area contributed by atoms with Gasteiger partial charge in [0.15, 0.2) is 0 Å². The average molecular weight is 257 g/mol. The van der Waals surface area contributed by atoms with Crippen LogP contribution in [0.15, 0.2) is 30.3 Å². The molecule has 3 rings (SSSR count). The lowest BCUT2D eigenvalue weighted by Crippen LogP contribution is -2.26. The first kappa shape index (κ1) is 13.2. The maximum atomic E-state index is 3.43. The molecule has 2 aliphatic rings. The highest BCUT2D eigenvalue weighted by molar-refractivity contribution is 5.26. The van der Waals surface area contributed by atoms with Crippen LogP contribution in [0, 0.1) is 17.8 Å². The molecule has 104 valence electrons. The SMILES string of the molecule is CNCC1CCCCCC1C1CC1c1ccccc1. The molecular weight excluding hydrogens is 230 g/mol. The van der Waals surface area contributed by atoms with E-state index in [0.29, 0.717) is 0 Å². The molecule has 4 atom stereocenters. The lowest BCUT2D eigenvalue weighted by molar-refractivity contribution is 0.269. The highest BCUT2D eigenvalue weighted by Gasteiger charge is 2.45. The molecule has 1 nitrogen and oxygen atoms in total. The van der Waals surface area contributed by atoms with Gasteiger partial charge in [0.25, 0.3) is 0 Å². The first-order chi connectivity index (χ1) is 9.40. The van der Waals surface area contributed by atoms with Crippen molar-refractivity contribution in [2.75, 3.05) is 13.6 Å². The van der Waals surface area contributed by atoms with E-state index < -0.39 is 0 Å². The Kier molecular flexibility index (Phi) is 4.22. The summed E-state index contributed by atoms with van der Waals surface area (Å²) in [5.74, 6) is 3.73. The molecule has 0 aromatic heterocycles. The Hall–Kier alpha value is -0.820. The quantitative estimate of drug-likeness (QED) is 0.797. The lowest BCUT2D eigenvalue weighted by atomic mass is 9.82. The number of hydrogen-bond donors (Lipinski definition) is 1. The summed E-state index contributed by atoms with van der Waals surface area (Å²) >= 11 is 0. The maximum Gasteiger partial charge on any atom is -0.00208 e. The monoisotopic (exact) mass is 257 g/mol. The normalized spacial score (nSPS) is 34.8. The van der Waals surface area contributed by atoms with Crippen molar-refractivity contribution < 1.29 is 0 Å². The Morgan fingerprint density at radius 1 is 1.00 bits per heavy atom. The van der Waals surface area contributed by atoms with Gasteiger partial charge in [-0.1, -0.05) is 49.6 Å². The van der Waals surface area contributed by atoms with Gasteiger partial charge < -0.3 is 5.32 Å². The van der Waals surface area contributed by atoms with Crippen molar-refractivity contribution in [2.45, 2.75) is 44.4 Å². The van der Waals surface area contributed by atoms with E-state index in [0.717, 1.165) is 23.7 Å². The summed E-state index contributed by atoms with van der Waals surface area (Å²) in [5, 5.41) is 3.43. The second-order valence-electron chi connectivity index (χ2n) is 6.54. The van der Waals surface area contributed by atoms with E-state index in [-0.39, 0.29) is 0 Å². The third-order valence-electron chi connectivity index (χ3n) is 5.30. The predicted molar refractivity (Wildman–Crippen MR) is 81.3 cm³/mol. The van der Waals surface area contributed by atoms with Crippen LogP contribution in [-0.2, 0) is 0 Å². The van der Waals surface area contributed by atoms with Crippen LogP contribution < -0.4 is 5.32 Å². The fourth-order valence-electron chi connectivity index (χ4n) is 4.26. The first-order valence-corrected chi connectivity index (χ1v) is 8.09. The van der Waals surface area contributed by atoms with E-state index in [1.807, 2.05) is 0 Å². The van der Waals surface area contributed by atoms with Crippen molar-refractivity contribution in [1.29, 1.82) is 0 Å². The molecule has 0 saturated heterocycles. The van der Waals surface area contributed by atoms with Gasteiger partial charge >= 0.3 is 0 Å². The van der Waals surface area contributed by atoms with Gasteiger partial charge in [-0.2, -0.15) is 0 Å². The average Bonchev–Trinajstić information content (AvgIpc) is 3.23. The summed E-state index contributed by atoms with van der Waals surface area (Å²) < 4.78 is 0. The highest BCUT2D eigenvalue weighted by atomic mass is 14.8. The van der Waals surface area contributed by atoms with Crippen molar-refractivity contribution in [3.8, 4) is 0 Å². The standard InChI is InChI=1S/C18H27N/c1-19-13-15-10-6-3-7-11-16(15)18-12-17(18)14-8-4-2-5-9-14/h2,4-5,8-9,15-19H,3,6-7,10-13H2,1H3. The molecule has 4 unspecified atom stereocenters. The zero-order valence-corrected chi connectivity index (χ0v) is 12.1. The summed E-state index contributed by atoms with van der Waals surface area (Å²) in [5.41, 5.74) is 1.58. The second-order valence-corrected chi connectivity index (χ2v) is 6.54. The van der Waals surface area contributed by atoms with Crippen LogP contribution in [0.4, 0.5) is 0 Å². The highest BCUT2D eigenvalue weighted by Crippen LogP contribution is 2.56. The summed E-state index contributed by atoms with van der Waals surface area (Å²) in [6, 6.07) is 11.2. The van der Waals surface area contributed by atoms with Crippen molar-refractivity contribution in [3.05, 3.63) is 35.9 Å². The molecule has 2 aliphatic carbocycles. The van der Waals surface area contributed by atoms with E-state index in [4.69, 9.17) is 0 Å². The zero-order chi connectivity index (χ0) is 13.1. The molecule has 0 amide bonds. The molecule has 2 fully saturated rings. The number of nitrogens with one attached hydrogen (secondary N) is 1. The molecule has 1 N–H and O–H groups in total. The van der Waals surface area contributed by atoms with Crippen LogP contribution >= 0.6 is 0 Å². The summed E-state index contributed by atoms with van der Waals surface area (Å²) in [7, 11) is 2.11. The Bertz CT molecular complexity index is 386. The summed E-state index contributed by atoms with van der Waals surface area (Å²) in [6.07, 6.45) is 8.73. The largest absolute Gasteiger partial charge is 0.319 e. The van der Waals surface area contributed by atoms with Gasteiger partial charge in [-0.15, -0.1) is 0 Å². The van der Waals surface area contributed by atoms with E-state index in [1.54, 1.807) is 5.56 Å². The van der Waals surface area contributed by atoms with Gasteiger partial charge in [-0.3, -0.25) is 0 Å². The van der Waals surface area contributed by atoms with E-state index in [1.165, 1.54) is 45.1 Å². The van der Waals surface area contributed by atoms with Crippen molar-refractivity contribution in [2.24, 2.45) is 17.8 Å². The molecule has 0 heterocycles. The molecule has 0 aliphatic heterocycles. The Labute approximate surface area is 117 Å². The minimum absolute atomic E-state index is 0.864. The third-order valence-corrected chi connectivity index (χ3v) is 5.30. The topological polar surface area (TPSA) is 12.0 Å². The van der Waals surface area contributed by atoms with Crippen LogP contribution in [0.2, 0.25) is 0 Å². The summed E-state index contributed by atoms with van der Waals surface area (Å²) in [4.78, 5) is 0. The molecule has 2 saturated carbocycles. The number of rotatable bonds is 4. The molecule has 1 aromatic carbocycles. The lowest BCUT2D eigenvalue weighted by Gasteiger charge is -2.25. The Morgan fingerprint density at radius 2 is 1.79 bits per heavy atom. The molecular formula is C18H27N. The van der Waals surface area contributed by atoms with Gasteiger partial charge in [-0.25, -0.2) is 0 Å². The molecule has 1 aromatic rings. The van der Waals surface area contributed by atoms with Crippen LogP contribution in [0.5, 0.6) is 0 Å². The zero-order valence-electron chi connectivity index (χ0n) is 12.1. The van der Waals surface area contributed by atoms with Crippen molar-refractivity contribution in [3.63, 3.8) is 0 Å². The summed E-state index contributed by atoms with van der Waals surface area (Å²) in [6.45, 7) is 1.22.